The lowest BCUT2D eigenvalue weighted by atomic mass is 10.3. The molecular formula is C15H15N3O3S3. The highest BCUT2D eigenvalue weighted by Gasteiger charge is 2.14. The van der Waals surface area contributed by atoms with Crippen LogP contribution in [-0.4, -0.2) is 24.9 Å². The van der Waals surface area contributed by atoms with E-state index in [2.05, 4.69) is 14.7 Å². The van der Waals surface area contributed by atoms with Gasteiger partial charge in [-0.1, -0.05) is 6.07 Å². The highest BCUT2D eigenvalue weighted by molar-refractivity contribution is 7.91. The second kappa shape index (κ2) is 7.84. The number of thiophene rings is 1. The number of hydrogen-bond donors (Lipinski definition) is 1. The summed E-state index contributed by atoms with van der Waals surface area (Å²) in [6, 6.07) is 6.95. The van der Waals surface area contributed by atoms with E-state index in [0.29, 0.717) is 29.5 Å². The van der Waals surface area contributed by atoms with Crippen LogP contribution >= 0.6 is 22.7 Å². The first kappa shape index (κ1) is 17.0. The molecule has 9 heteroatoms. The van der Waals surface area contributed by atoms with Crippen LogP contribution in [0.3, 0.4) is 0 Å². The van der Waals surface area contributed by atoms with Crippen LogP contribution in [-0.2, 0) is 23.1 Å². The Labute approximate surface area is 148 Å². The standard InChI is InChI=1S/C15H15N3O3S3/c19-24(20,15-4-2-8-22-15)17-7-5-12-11-23-14(18-12)10-21-13-3-1-6-16-9-13/h1-4,6,8-9,11,17H,5,7,10H2. The van der Waals surface area contributed by atoms with Crippen LogP contribution in [0.5, 0.6) is 5.75 Å². The van der Waals surface area contributed by atoms with Gasteiger partial charge in [0.15, 0.2) is 0 Å². The molecule has 0 amide bonds. The Balaban J connectivity index is 1.48. The molecule has 0 atom stereocenters. The van der Waals surface area contributed by atoms with Crippen LogP contribution in [0.1, 0.15) is 10.7 Å². The van der Waals surface area contributed by atoms with E-state index in [9.17, 15) is 8.42 Å². The second-order valence-electron chi connectivity index (χ2n) is 4.79. The van der Waals surface area contributed by atoms with Crippen LogP contribution in [0, 0.1) is 0 Å². The molecule has 24 heavy (non-hydrogen) atoms. The lowest BCUT2D eigenvalue weighted by molar-refractivity contribution is 0.304. The average molecular weight is 382 g/mol. The van der Waals surface area contributed by atoms with E-state index in [4.69, 9.17) is 4.74 Å². The topological polar surface area (TPSA) is 81.2 Å². The van der Waals surface area contributed by atoms with E-state index in [-0.39, 0.29) is 0 Å². The Hall–Kier alpha value is -1.81. The van der Waals surface area contributed by atoms with E-state index in [1.807, 2.05) is 17.5 Å². The molecule has 0 spiro atoms. The van der Waals surface area contributed by atoms with Crippen LogP contribution in [0.2, 0.25) is 0 Å². The van der Waals surface area contributed by atoms with Gasteiger partial charge in [-0.25, -0.2) is 18.1 Å². The summed E-state index contributed by atoms with van der Waals surface area (Å²) >= 11 is 2.69. The minimum absolute atomic E-state index is 0.312. The van der Waals surface area contributed by atoms with Gasteiger partial charge in [-0.15, -0.1) is 22.7 Å². The number of aromatic nitrogens is 2. The van der Waals surface area contributed by atoms with Crippen molar-refractivity contribution in [2.75, 3.05) is 6.54 Å². The monoisotopic (exact) mass is 381 g/mol. The Morgan fingerprint density at radius 1 is 1.21 bits per heavy atom. The number of pyridine rings is 1. The molecule has 0 bridgehead atoms. The van der Waals surface area contributed by atoms with Gasteiger partial charge in [0.05, 0.1) is 11.9 Å². The van der Waals surface area contributed by atoms with Crippen LogP contribution in [0.15, 0.2) is 51.6 Å². The van der Waals surface area contributed by atoms with Gasteiger partial charge in [0, 0.05) is 24.5 Å². The summed E-state index contributed by atoms with van der Waals surface area (Å²) in [6.07, 6.45) is 3.87. The number of nitrogens with one attached hydrogen (secondary N) is 1. The van der Waals surface area contributed by atoms with Crippen LogP contribution < -0.4 is 9.46 Å². The number of sulfonamides is 1. The normalized spacial score (nSPS) is 11.5. The van der Waals surface area contributed by atoms with Crippen molar-refractivity contribution in [2.24, 2.45) is 0 Å². The van der Waals surface area contributed by atoms with Gasteiger partial charge < -0.3 is 4.74 Å². The first-order chi connectivity index (χ1) is 11.6. The third kappa shape index (κ3) is 4.60. The average Bonchev–Trinajstić information content (AvgIpc) is 3.26. The van der Waals surface area contributed by atoms with E-state index in [1.54, 1.807) is 29.9 Å². The van der Waals surface area contributed by atoms with Crippen molar-refractivity contribution in [1.82, 2.24) is 14.7 Å². The zero-order valence-corrected chi connectivity index (χ0v) is 15.0. The van der Waals surface area contributed by atoms with E-state index >= 15 is 0 Å². The van der Waals surface area contributed by atoms with Crippen molar-refractivity contribution in [3.05, 3.63) is 58.1 Å². The summed E-state index contributed by atoms with van der Waals surface area (Å²) in [6.45, 7) is 0.685. The lowest BCUT2D eigenvalue weighted by Gasteiger charge is -2.03. The first-order valence-electron chi connectivity index (χ1n) is 7.13. The summed E-state index contributed by atoms with van der Waals surface area (Å²) in [7, 11) is -3.41. The summed E-state index contributed by atoms with van der Waals surface area (Å²) in [5.41, 5.74) is 0.846. The molecule has 3 aromatic rings. The quantitative estimate of drug-likeness (QED) is 0.649. The van der Waals surface area contributed by atoms with E-state index in [1.165, 1.54) is 22.7 Å². The minimum atomic E-state index is -3.41. The summed E-state index contributed by atoms with van der Waals surface area (Å²) in [4.78, 5) is 8.43. The molecule has 3 heterocycles. The maximum Gasteiger partial charge on any atom is 0.250 e. The third-order valence-electron chi connectivity index (χ3n) is 3.03. The predicted molar refractivity (Wildman–Crippen MR) is 93.9 cm³/mol. The number of ether oxygens (including phenoxy) is 1. The Bertz CT molecular complexity index is 862. The van der Waals surface area contributed by atoms with Gasteiger partial charge >= 0.3 is 0 Å². The zero-order valence-electron chi connectivity index (χ0n) is 12.6. The molecule has 0 saturated carbocycles. The molecule has 3 aromatic heterocycles. The second-order valence-corrected chi connectivity index (χ2v) is 8.67. The maximum atomic E-state index is 12.0. The number of hydrogen-bond acceptors (Lipinski definition) is 7. The molecule has 0 aliphatic heterocycles. The summed E-state index contributed by atoms with van der Waals surface area (Å²) < 4.78 is 32.5. The SMILES string of the molecule is O=S(=O)(NCCc1csc(COc2cccnc2)n1)c1cccs1. The molecule has 0 radical (unpaired) electrons. The van der Waals surface area contributed by atoms with Gasteiger partial charge in [0.25, 0.3) is 0 Å². The van der Waals surface area contributed by atoms with Gasteiger partial charge in [-0.05, 0) is 23.6 Å². The summed E-state index contributed by atoms with van der Waals surface area (Å²) in [5, 5.41) is 4.50. The Morgan fingerprint density at radius 3 is 2.88 bits per heavy atom. The van der Waals surface area contributed by atoms with E-state index in [0.717, 1.165) is 10.7 Å². The van der Waals surface area contributed by atoms with Crippen molar-refractivity contribution in [3.63, 3.8) is 0 Å². The van der Waals surface area contributed by atoms with Crippen LogP contribution in [0.25, 0.3) is 0 Å². The predicted octanol–water partition coefficient (Wildman–Crippen LogP) is 2.70. The van der Waals surface area contributed by atoms with Gasteiger partial charge in [0.2, 0.25) is 10.0 Å². The molecule has 0 aromatic carbocycles. The smallest absolute Gasteiger partial charge is 0.250 e. The molecule has 0 saturated heterocycles. The van der Waals surface area contributed by atoms with Crippen molar-refractivity contribution in [2.45, 2.75) is 17.2 Å². The number of nitrogens with zero attached hydrogens (tertiary/aromatic N) is 2. The van der Waals surface area contributed by atoms with E-state index < -0.39 is 10.0 Å². The van der Waals surface area contributed by atoms with Gasteiger partial charge in [-0.3, -0.25) is 4.98 Å². The Kier molecular flexibility index (Phi) is 5.56. The van der Waals surface area contributed by atoms with Gasteiger partial charge in [0.1, 0.15) is 21.6 Å². The van der Waals surface area contributed by atoms with Crippen LogP contribution in [0.4, 0.5) is 0 Å². The Morgan fingerprint density at radius 2 is 2.12 bits per heavy atom. The zero-order chi connectivity index (χ0) is 16.8. The molecule has 0 aliphatic carbocycles. The fourth-order valence-electron chi connectivity index (χ4n) is 1.91. The molecule has 1 N–H and O–H groups in total. The molecule has 0 fully saturated rings. The molecular weight excluding hydrogens is 366 g/mol. The molecule has 3 rings (SSSR count). The van der Waals surface area contributed by atoms with Crippen molar-refractivity contribution in [1.29, 1.82) is 0 Å². The highest BCUT2D eigenvalue weighted by atomic mass is 32.2. The van der Waals surface area contributed by atoms with Crippen molar-refractivity contribution >= 4 is 32.7 Å². The van der Waals surface area contributed by atoms with Gasteiger partial charge in [-0.2, -0.15) is 0 Å². The first-order valence-corrected chi connectivity index (χ1v) is 10.4. The largest absolute Gasteiger partial charge is 0.485 e. The van der Waals surface area contributed by atoms with Crippen molar-refractivity contribution < 1.29 is 13.2 Å². The maximum absolute atomic E-state index is 12.0. The molecule has 126 valence electrons. The molecule has 6 nitrogen and oxygen atoms in total. The minimum Gasteiger partial charge on any atom is -0.485 e. The number of rotatable bonds is 8. The van der Waals surface area contributed by atoms with Crippen molar-refractivity contribution in [3.8, 4) is 5.75 Å². The molecule has 0 aliphatic rings. The highest BCUT2D eigenvalue weighted by Crippen LogP contribution is 2.16. The fraction of sp³-hybridized carbons (Fsp3) is 0.200. The summed E-state index contributed by atoms with van der Waals surface area (Å²) in [5.74, 6) is 0.693. The number of thiazole rings is 1. The fourth-order valence-corrected chi connectivity index (χ4v) is 4.72. The third-order valence-corrected chi connectivity index (χ3v) is 6.76. The molecule has 0 unspecified atom stereocenters. The lowest BCUT2D eigenvalue weighted by Crippen LogP contribution is -2.25.